The van der Waals surface area contributed by atoms with E-state index in [1.165, 1.54) is 22.3 Å². The number of fused-ring (bicyclic) bond motifs is 9. The smallest absolute Gasteiger partial charge is 0.164 e. The molecule has 1 spiro atoms. The molecule has 11 rings (SSSR count). The molecule has 1 aromatic heterocycles. The highest BCUT2D eigenvalue weighted by Gasteiger charge is 2.52. The topological polar surface area (TPSA) is 71.7 Å². The van der Waals surface area contributed by atoms with E-state index in [1.807, 2.05) is 91.0 Å². The maximum atomic E-state index is 9.51. The average molecular weight is 741 g/mol. The third-order valence-corrected chi connectivity index (χ3v) is 11.5. The second-order valence-electron chi connectivity index (χ2n) is 14.6. The molecule has 5 heteroatoms. The average Bonchev–Trinajstić information content (AvgIpc) is 3.60. The molecule has 8 aromatic carbocycles. The Labute approximate surface area is 336 Å². The Morgan fingerprint density at radius 3 is 1.50 bits per heavy atom. The van der Waals surface area contributed by atoms with Crippen LogP contribution in [0.5, 0.6) is 11.5 Å². The van der Waals surface area contributed by atoms with Crippen LogP contribution in [0, 0.1) is 11.3 Å². The van der Waals surface area contributed by atoms with E-state index in [0.29, 0.717) is 23.0 Å². The van der Waals surface area contributed by atoms with Crippen LogP contribution in [0.15, 0.2) is 194 Å². The van der Waals surface area contributed by atoms with Crippen molar-refractivity contribution in [2.75, 3.05) is 0 Å². The van der Waals surface area contributed by atoms with Gasteiger partial charge in [-0.15, -0.1) is 0 Å². The summed E-state index contributed by atoms with van der Waals surface area (Å²) in [6.45, 7) is 0. The van der Waals surface area contributed by atoms with Crippen molar-refractivity contribution in [3.63, 3.8) is 0 Å². The molecule has 0 saturated carbocycles. The summed E-state index contributed by atoms with van der Waals surface area (Å²) < 4.78 is 6.90. The number of rotatable bonds is 5. The van der Waals surface area contributed by atoms with Gasteiger partial charge >= 0.3 is 0 Å². The lowest BCUT2D eigenvalue weighted by Crippen LogP contribution is -2.32. The van der Waals surface area contributed by atoms with E-state index < -0.39 is 5.41 Å². The Balaban J connectivity index is 1.08. The maximum absolute atomic E-state index is 9.51. The number of hydrogen-bond donors (Lipinski definition) is 0. The lowest BCUT2D eigenvalue weighted by Gasteiger charge is -2.40. The van der Waals surface area contributed by atoms with Gasteiger partial charge in [0.05, 0.1) is 17.0 Å². The second-order valence-corrected chi connectivity index (χ2v) is 14.6. The van der Waals surface area contributed by atoms with Crippen LogP contribution >= 0.6 is 0 Å². The van der Waals surface area contributed by atoms with E-state index in [-0.39, 0.29) is 0 Å². The number of ether oxygens (including phenoxy) is 1. The summed E-state index contributed by atoms with van der Waals surface area (Å²) >= 11 is 0. The molecule has 2 heterocycles. The minimum absolute atomic E-state index is 0.621. The zero-order valence-electron chi connectivity index (χ0n) is 31.2. The highest BCUT2D eigenvalue weighted by atomic mass is 16.5. The first-order valence-corrected chi connectivity index (χ1v) is 19.3. The van der Waals surface area contributed by atoms with Crippen LogP contribution in [0.25, 0.3) is 67.5 Å². The van der Waals surface area contributed by atoms with E-state index in [9.17, 15) is 5.26 Å². The molecule has 1 aliphatic carbocycles. The SMILES string of the molecule is N#Cc1ccc(-c2cccc3c2Oc2ccccc2C32c3ccccc3-c3c(-c4ccc(-c5nc(-c6ccccc6)nc(-c6ccccc6)n5)cc4)cccc32)cc1. The van der Waals surface area contributed by atoms with Gasteiger partial charge in [0.2, 0.25) is 0 Å². The van der Waals surface area contributed by atoms with Crippen LogP contribution in [0.2, 0.25) is 0 Å². The molecule has 58 heavy (non-hydrogen) atoms. The summed E-state index contributed by atoms with van der Waals surface area (Å²) in [6.07, 6.45) is 0. The van der Waals surface area contributed by atoms with Crippen LogP contribution in [-0.2, 0) is 5.41 Å². The third-order valence-electron chi connectivity index (χ3n) is 11.5. The molecule has 0 fully saturated rings. The monoisotopic (exact) mass is 740 g/mol. The van der Waals surface area contributed by atoms with Gasteiger partial charge < -0.3 is 4.74 Å². The molecular formula is C53H32N4O. The predicted molar refractivity (Wildman–Crippen MR) is 229 cm³/mol. The number of hydrogen-bond acceptors (Lipinski definition) is 5. The van der Waals surface area contributed by atoms with Crippen molar-refractivity contribution in [3.05, 3.63) is 222 Å². The van der Waals surface area contributed by atoms with Crippen LogP contribution in [-0.4, -0.2) is 15.0 Å². The van der Waals surface area contributed by atoms with Gasteiger partial charge in [0.1, 0.15) is 11.5 Å². The van der Waals surface area contributed by atoms with Gasteiger partial charge in [-0.3, -0.25) is 0 Å². The molecule has 0 radical (unpaired) electrons. The molecule has 1 unspecified atom stereocenters. The first kappa shape index (κ1) is 33.4. The number of para-hydroxylation sites is 2. The summed E-state index contributed by atoms with van der Waals surface area (Å²) in [5.74, 6) is 3.54. The number of nitriles is 1. The second kappa shape index (κ2) is 13.4. The van der Waals surface area contributed by atoms with Crippen molar-refractivity contribution >= 4 is 0 Å². The van der Waals surface area contributed by atoms with Gasteiger partial charge in [-0.2, -0.15) is 5.26 Å². The van der Waals surface area contributed by atoms with E-state index in [4.69, 9.17) is 19.7 Å². The Morgan fingerprint density at radius 2 is 0.845 bits per heavy atom. The molecule has 5 nitrogen and oxygen atoms in total. The first-order chi connectivity index (χ1) is 28.7. The first-order valence-electron chi connectivity index (χ1n) is 19.3. The Bertz CT molecular complexity index is 3020. The number of benzene rings is 8. The largest absolute Gasteiger partial charge is 0.456 e. The minimum atomic E-state index is -0.638. The summed E-state index contributed by atoms with van der Waals surface area (Å²) in [5, 5.41) is 9.51. The highest BCUT2D eigenvalue weighted by molar-refractivity contribution is 5.97. The molecule has 1 aliphatic heterocycles. The van der Waals surface area contributed by atoms with Crippen LogP contribution in [0.1, 0.15) is 27.8 Å². The van der Waals surface area contributed by atoms with Gasteiger partial charge in [0, 0.05) is 33.4 Å². The van der Waals surface area contributed by atoms with Gasteiger partial charge in [0.25, 0.3) is 0 Å². The minimum Gasteiger partial charge on any atom is -0.456 e. The predicted octanol–water partition coefficient (Wildman–Crippen LogP) is 12.5. The molecule has 0 bridgehead atoms. The van der Waals surface area contributed by atoms with Crippen molar-refractivity contribution in [3.8, 4) is 85.1 Å². The van der Waals surface area contributed by atoms with Crippen LogP contribution < -0.4 is 4.74 Å². The Hall–Kier alpha value is -7.94. The van der Waals surface area contributed by atoms with E-state index in [2.05, 4.69) is 109 Å². The quantitative estimate of drug-likeness (QED) is 0.176. The fourth-order valence-corrected chi connectivity index (χ4v) is 8.90. The number of aromatic nitrogens is 3. The van der Waals surface area contributed by atoms with E-state index >= 15 is 0 Å². The molecule has 270 valence electrons. The normalized spacial score (nSPS) is 14.4. The van der Waals surface area contributed by atoms with Crippen molar-refractivity contribution in [2.45, 2.75) is 5.41 Å². The van der Waals surface area contributed by atoms with Crippen molar-refractivity contribution < 1.29 is 4.74 Å². The Morgan fingerprint density at radius 1 is 0.379 bits per heavy atom. The molecule has 0 N–H and O–H groups in total. The molecule has 0 amide bonds. The van der Waals surface area contributed by atoms with E-state index in [1.54, 1.807) is 0 Å². The molecular weight excluding hydrogens is 709 g/mol. The van der Waals surface area contributed by atoms with Crippen LogP contribution in [0.4, 0.5) is 0 Å². The summed E-state index contributed by atoms with van der Waals surface area (Å²) in [6, 6.07) is 69.1. The zero-order valence-corrected chi connectivity index (χ0v) is 31.2. The van der Waals surface area contributed by atoms with Crippen molar-refractivity contribution in [1.29, 1.82) is 5.26 Å². The summed E-state index contributed by atoms with van der Waals surface area (Å²) in [7, 11) is 0. The summed E-state index contributed by atoms with van der Waals surface area (Å²) in [5.41, 5.74) is 14.0. The van der Waals surface area contributed by atoms with Gasteiger partial charge in [-0.25, -0.2) is 15.0 Å². The van der Waals surface area contributed by atoms with Crippen molar-refractivity contribution in [2.24, 2.45) is 0 Å². The van der Waals surface area contributed by atoms with Gasteiger partial charge in [0.15, 0.2) is 17.5 Å². The van der Waals surface area contributed by atoms with Gasteiger partial charge in [-0.1, -0.05) is 176 Å². The molecule has 9 aromatic rings. The standard InChI is InChI=1S/C53H32N4O/c54-33-34-25-27-36(28-26-34)41-19-12-23-46-49(41)58-47-24-10-9-21-44(47)53(46)43-20-8-7-17-42(43)48-40(18-11-22-45(48)53)35-29-31-39(32-30-35)52-56-50(37-13-3-1-4-14-37)55-51(57-52)38-15-5-2-6-16-38/h1-32H. The summed E-state index contributed by atoms with van der Waals surface area (Å²) in [4.78, 5) is 14.8. The third kappa shape index (κ3) is 5.13. The Kier molecular flexibility index (Phi) is 7.70. The highest BCUT2D eigenvalue weighted by Crippen LogP contribution is 2.64. The molecule has 1 atom stereocenters. The lowest BCUT2D eigenvalue weighted by atomic mass is 9.65. The number of nitrogens with zero attached hydrogens (tertiary/aromatic N) is 4. The molecule has 0 saturated heterocycles. The fourth-order valence-electron chi connectivity index (χ4n) is 8.90. The zero-order chi connectivity index (χ0) is 38.6. The molecule has 2 aliphatic rings. The lowest BCUT2D eigenvalue weighted by molar-refractivity contribution is 0.438. The van der Waals surface area contributed by atoms with E-state index in [0.717, 1.165) is 61.6 Å². The fraction of sp³-hybridized carbons (Fsp3) is 0.0189. The van der Waals surface area contributed by atoms with Gasteiger partial charge in [-0.05, 0) is 57.1 Å². The maximum Gasteiger partial charge on any atom is 0.164 e. The van der Waals surface area contributed by atoms with Crippen molar-refractivity contribution in [1.82, 2.24) is 15.0 Å². The van der Waals surface area contributed by atoms with Crippen LogP contribution in [0.3, 0.4) is 0 Å².